The van der Waals surface area contributed by atoms with Crippen LogP contribution < -0.4 is 15.4 Å². The second-order valence-electron chi connectivity index (χ2n) is 8.87. The fourth-order valence-electron chi connectivity index (χ4n) is 4.42. The number of hydrogen-bond donors (Lipinski definition) is 2. The van der Waals surface area contributed by atoms with Gasteiger partial charge >= 0.3 is 6.03 Å². The van der Waals surface area contributed by atoms with Crippen molar-refractivity contribution >= 4 is 34.3 Å². The average Bonchev–Trinajstić information content (AvgIpc) is 3.12. The summed E-state index contributed by atoms with van der Waals surface area (Å²) in [5.74, 6) is -0.200. The van der Waals surface area contributed by atoms with Gasteiger partial charge in [0.15, 0.2) is 0 Å². The number of carbonyl (C=O) groups is 3. The average molecular weight is 480 g/mol. The van der Waals surface area contributed by atoms with E-state index in [4.69, 9.17) is 4.74 Å². The highest BCUT2D eigenvalue weighted by atomic mass is 16.5. The molecule has 0 radical (unpaired) electrons. The number of fused-ring (bicyclic) bond motifs is 1. The van der Waals surface area contributed by atoms with E-state index in [0.717, 1.165) is 32.5 Å². The topological polar surface area (TPSA) is 87.7 Å². The fraction of sp³-hybridized carbons (Fsp3) is 0.138. The number of carbonyl (C=O) groups excluding carboxylic acids is 3. The van der Waals surface area contributed by atoms with Gasteiger partial charge in [0.1, 0.15) is 17.8 Å². The van der Waals surface area contributed by atoms with Crippen LogP contribution in [0.15, 0.2) is 91.0 Å². The monoisotopic (exact) mass is 479 g/mol. The minimum atomic E-state index is -1.27. The van der Waals surface area contributed by atoms with Crippen LogP contribution >= 0.6 is 0 Å². The summed E-state index contributed by atoms with van der Waals surface area (Å²) in [6, 6.07) is 27.9. The first kappa shape index (κ1) is 23.1. The van der Waals surface area contributed by atoms with Crippen molar-refractivity contribution in [2.75, 3.05) is 19.0 Å². The first-order valence-electron chi connectivity index (χ1n) is 11.5. The molecule has 1 aliphatic rings. The minimum absolute atomic E-state index is 0.383. The number of benzene rings is 4. The van der Waals surface area contributed by atoms with E-state index in [-0.39, 0.29) is 6.54 Å². The molecule has 1 fully saturated rings. The number of methoxy groups -OCH3 is 1. The maximum absolute atomic E-state index is 13.3. The van der Waals surface area contributed by atoms with Gasteiger partial charge in [0.2, 0.25) is 5.91 Å². The number of nitrogens with zero attached hydrogens (tertiary/aromatic N) is 1. The van der Waals surface area contributed by atoms with E-state index in [0.29, 0.717) is 11.3 Å². The predicted molar refractivity (Wildman–Crippen MR) is 139 cm³/mol. The molecule has 1 aliphatic heterocycles. The smallest absolute Gasteiger partial charge is 0.325 e. The summed E-state index contributed by atoms with van der Waals surface area (Å²) in [4.78, 5) is 39.7. The second kappa shape index (κ2) is 9.19. The van der Waals surface area contributed by atoms with Crippen LogP contribution in [0.25, 0.3) is 21.9 Å². The molecule has 1 atom stereocenters. The van der Waals surface area contributed by atoms with Gasteiger partial charge in [-0.15, -0.1) is 0 Å². The Morgan fingerprint density at radius 1 is 0.889 bits per heavy atom. The molecule has 7 nitrogen and oxygen atoms in total. The number of hydrogen-bond acceptors (Lipinski definition) is 4. The van der Waals surface area contributed by atoms with E-state index in [1.54, 1.807) is 32.2 Å². The lowest BCUT2D eigenvalue weighted by Crippen LogP contribution is -2.42. The van der Waals surface area contributed by atoms with Gasteiger partial charge in [0, 0.05) is 5.69 Å². The number of imide groups is 1. The largest absolute Gasteiger partial charge is 0.497 e. The van der Waals surface area contributed by atoms with Crippen molar-refractivity contribution in [2.24, 2.45) is 0 Å². The molecule has 36 heavy (non-hydrogen) atoms. The summed E-state index contributed by atoms with van der Waals surface area (Å²) in [7, 11) is 1.60. The molecule has 0 saturated carbocycles. The Hall–Kier alpha value is -4.65. The van der Waals surface area contributed by atoms with Crippen LogP contribution in [-0.4, -0.2) is 36.4 Å². The molecule has 180 valence electrons. The predicted octanol–water partition coefficient (Wildman–Crippen LogP) is 4.92. The molecule has 2 N–H and O–H groups in total. The molecular formula is C29H25N3O4. The number of rotatable bonds is 6. The van der Waals surface area contributed by atoms with E-state index in [2.05, 4.69) is 10.6 Å². The van der Waals surface area contributed by atoms with E-state index in [9.17, 15) is 14.4 Å². The molecule has 5 rings (SSSR count). The molecule has 4 aromatic rings. The summed E-state index contributed by atoms with van der Waals surface area (Å²) in [6.07, 6.45) is 0. The van der Waals surface area contributed by atoms with Gasteiger partial charge in [-0.2, -0.15) is 0 Å². The third kappa shape index (κ3) is 4.27. The number of nitrogens with one attached hydrogen (secondary N) is 2. The highest BCUT2D eigenvalue weighted by Crippen LogP contribution is 2.32. The molecule has 4 aromatic carbocycles. The van der Waals surface area contributed by atoms with Crippen LogP contribution in [-0.2, 0) is 15.1 Å². The van der Waals surface area contributed by atoms with Crippen molar-refractivity contribution in [3.63, 3.8) is 0 Å². The van der Waals surface area contributed by atoms with Crippen molar-refractivity contribution in [1.29, 1.82) is 0 Å². The maximum atomic E-state index is 13.3. The Bertz CT molecular complexity index is 1470. The van der Waals surface area contributed by atoms with Crippen molar-refractivity contribution in [3.8, 4) is 16.9 Å². The van der Waals surface area contributed by atoms with Crippen LogP contribution in [0.2, 0.25) is 0 Å². The van der Waals surface area contributed by atoms with Crippen LogP contribution in [0, 0.1) is 0 Å². The van der Waals surface area contributed by atoms with Crippen LogP contribution in [0.1, 0.15) is 12.5 Å². The number of anilines is 1. The Morgan fingerprint density at radius 3 is 2.28 bits per heavy atom. The van der Waals surface area contributed by atoms with Gasteiger partial charge in [-0.3, -0.25) is 14.5 Å². The maximum Gasteiger partial charge on any atom is 0.325 e. The van der Waals surface area contributed by atoms with Gasteiger partial charge in [-0.25, -0.2) is 4.79 Å². The lowest BCUT2D eigenvalue weighted by Gasteiger charge is -2.22. The van der Waals surface area contributed by atoms with Crippen molar-refractivity contribution < 1.29 is 19.1 Å². The highest BCUT2D eigenvalue weighted by Gasteiger charge is 2.49. The fourth-order valence-corrected chi connectivity index (χ4v) is 4.42. The molecule has 4 amide bonds. The van der Waals surface area contributed by atoms with Crippen LogP contribution in [0.3, 0.4) is 0 Å². The lowest BCUT2D eigenvalue weighted by atomic mass is 9.90. The zero-order chi connectivity index (χ0) is 25.3. The zero-order valence-electron chi connectivity index (χ0n) is 19.9. The summed E-state index contributed by atoms with van der Waals surface area (Å²) < 4.78 is 5.27. The normalized spacial score (nSPS) is 17.2. The molecule has 7 heteroatoms. The van der Waals surface area contributed by atoms with E-state index in [1.165, 1.54) is 0 Å². The molecular weight excluding hydrogens is 454 g/mol. The molecule has 0 spiro atoms. The first-order chi connectivity index (χ1) is 17.4. The second-order valence-corrected chi connectivity index (χ2v) is 8.87. The summed E-state index contributed by atoms with van der Waals surface area (Å²) >= 11 is 0. The lowest BCUT2D eigenvalue weighted by molar-refractivity contribution is -0.133. The third-order valence-corrected chi connectivity index (χ3v) is 6.48. The number of amides is 4. The molecule has 0 bridgehead atoms. The van der Waals surface area contributed by atoms with E-state index >= 15 is 0 Å². The molecule has 0 aliphatic carbocycles. The summed E-state index contributed by atoms with van der Waals surface area (Å²) in [5.41, 5.74) is 2.04. The molecule has 1 saturated heterocycles. The third-order valence-electron chi connectivity index (χ3n) is 6.48. The molecule has 0 aromatic heterocycles. The first-order valence-corrected chi connectivity index (χ1v) is 11.5. The Labute approximate surface area is 208 Å². The number of ether oxygens (including phenoxy) is 1. The molecule has 1 heterocycles. The molecule has 0 unspecified atom stereocenters. The SMILES string of the molecule is COc1ccc2cc([C@]3(C)NC(=O)N(CC(=O)Nc4ccc(-c5ccccc5)cc4)C3=O)ccc2c1. The van der Waals surface area contributed by atoms with E-state index < -0.39 is 23.4 Å². The standard InChI is InChI=1S/C29H25N3O4/c1-29(23-12-8-22-17-25(36-2)15-11-21(22)16-23)27(34)32(28(35)31-29)18-26(33)30-24-13-9-20(10-14-24)19-6-4-3-5-7-19/h3-17H,18H2,1-2H3,(H,30,33)(H,31,35)/t29-/m0/s1. The van der Waals surface area contributed by atoms with Crippen LogP contribution in [0.4, 0.5) is 10.5 Å². The number of urea groups is 1. The van der Waals surface area contributed by atoms with Gasteiger partial charge in [0.05, 0.1) is 7.11 Å². The highest BCUT2D eigenvalue weighted by molar-refractivity contribution is 6.10. The minimum Gasteiger partial charge on any atom is -0.497 e. The van der Waals surface area contributed by atoms with Crippen molar-refractivity contribution in [1.82, 2.24) is 10.2 Å². The Morgan fingerprint density at radius 2 is 1.56 bits per heavy atom. The van der Waals surface area contributed by atoms with Gasteiger partial charge in [0.25, 0.3) is 5.91 Å². The summed E-state index contributed by atoms with van der Waals surface area (Å²) in [6.45, 7) is 1.27. The van der Waals surface area contributed by atoms with Gasteiger partial charge in [-0.1, -0.05) is 60.7 Å². The Kier molecular flexibility index (Phi) is 5.90. The zero-order valence-corrected chi connectivity index (χ0v) is 19.9. The summed E-state index contributed by atoms with van der Waals surface area (Å²) in [5, 5.41) is 7.39. The van der Waals surface area contributed by atoms with Gasteiger partial charge < -0.3 is 15.4 Å². The van der Waals surface area contributed by atoms with Crippen LogP contribution in [0.5, 0.6) is 5.75 Å². The quantitative estimate of drug-likeness (QED) is 0.384. The van der Waals surface area contributed by atoms with Gasteiger partial charge in [-0.05, 0) is 64.7 Å². The Balaban J connectivity index is 1.29. The van der Waals surface area contributed by atoms with Crippen molar-refractivity contribution in [2.45, 2.75) is 12.5 Å². The van der Waals surface area contributed by atoms with E-state index in [1.807, 2.05) is 72.8 Å². The van der Waals surface area contributed by atoms with Crippen molar-refractivity contribution in [3.05, 3.63) is 96.6 Å².